The van der Waals surface area contributed by atoms with E-state index in [9.17, 15) is 24.3 Å². The number of methoxy groups -OCH3 is 1. The molecule has 0 fully saturated rings. The Labute approximate surface area is 171 Å². The third kappa shape index (κ3) is 3.11. The Bertz CT molecular complexity index is 972. The Morgan fingerprint density at radius 1 is 1.38 bits per heavy atom. The number of halogens is 1. The topological polar surface area (TPSA) is 131 Å². The summed E-state index contributed by atoms with van der Waals surface area (Å²) in [5.74, 6) is -3.45. The van der Waals surface area contributed by atoms with Crippen molar-refractivity contribution in [3.63, 3.8) is 0 Å². The molecule has 1 aliphatic heterocycles. The summed E-state index contributed by atoms with van der Waals surface area (Å²) in [4.78, 5) is 48.8. The molecule has 1 spiro atoms. The number of nitrogens with one attached hydrogen (secondary N) is 2. The number of hydrazine groups is 1. The second kappa shape index (κ2) is 7.40. The van der Waals surface area contributed by atoms with E-state index in [4.69, 9.17) is 21.1 Å². The van der Waals surface area contributed by atoms with Crippen molar-refractivity contribution in [2.75, 3.05) is 7.11 Å². The van der Waals surface area contributed by atoms with Gasteiger partial charge in [-0.15, -0.1) is 0 Å². The van der Waals surface area contributed by atoms with Gasteiger partial charge in [0.05, 0.1) is 17.7 Å². The summed E-state index contributed by atoms with van der Waals surface area (Å²) in [7, 11) is 1.30. The van der Waals surface area contributed by atoms with Crippen molar-refractivity contribution in [3.8, 4) is 11.5 Å². The van der Waals surface area contributed by atoms with Crippen LogP contribution in [0.15, 0.2) is 17.9 Å². The smallest absolute Gasteiger partial charge is 0.271 e. The summed E-state index contributed by atoms with van der Waals surface area (Å²) in [6.07, 6.45) is 1.10. The van der Waals surface area contributed by atoms with Gasteiger partial charge in [0.25, 0.3) is 5.91 Å². The van der Waals surface area contributed by atoms with Gasteiger partial charge in [0, 0.05) is 24.8 Å². The molecule has 0 radical (unpaired) electrons. The minimum atomic E-state index is -1.82. The van der Waals surface area contributed by atoms with Crippen LogP contribution in [-0.2, 0) is 9.59 Å². The number of allylic oxidation sites excluding steroid dienone is 1. The maximum absolute atomic E-state index is 13.2. The van der Waals surface area contributed by atoms with E-state index in [1.807, 2.05) is 0 Å². The van der Waals surface area contributed by atoms with Gasteiger partial charge in [-0.25, -0.2) is 0 Å². The molecule has 3 rings (SSSR count). The molecule has 1 aliphatic carbocycles. The molecule has 0 aromatic heterocycles. The van der Waals surface area contributed by atoms with Crippen LogP contribution in [0.3, 0.4) is 0 Å². The molecular formula is C19H19ClN2O7. The van der Waals surface area contributed by atoms with E-state index in [0.29, 0.717) is 0 Å². The van der Waals surface area contributed by atoms with Gasteiger partial charge in [-0.3, -0.25) is 30.0 Å². The Morgan fingerprint density at radius 3 is 2.66 bits per heavy atom. The van der Waals surface area contributed by atoms with Gasteiger partial charge in [-0.05, 0) is 6.07 Å². The van der Waals surface area contributed by atoms with Crippen LogP contribution < -0.4 is 20.3 Å². The van der Waals surface area contributed by atoms with Gasteiger partial charge < -0.3 is 14.6 Å². The van der Waals surface area contributed by atoms with Crippen molar-refractivity contribution in [1.82, 2.24) is 10.9 Å². The molecule has 0 unspecified atom stereocenters. The second-order valence-electron chi connectivity index (χ2n) is 6.77. The van der Waals surface area contributed by atoms with Crippen molar-refractivity contribution < 1.29 is 33.8 Å². The fourth-order valence-electron chi connectivity index (χ4n) is 3.43. The number of hydrogen-bond donors (Lipinski definition) is 3. The molecule has 0 saturated heterocycles. The maximum atomic E-state index is 13.2. The van der Waals surface area contributed by atoms with Crippen molar-refractivity contribution in [3.05, 3.63) is 34.1 Å². The zero-order valence-electron chi connectivity index (χ0n) is 15.9. The number of rotatable bonds is 3. The molecule has 2 amide bonds. The molecule has 3 N–H and O–H groups in total. The first-order valence-electron chi connectivity index (χ1n) is 8.84. The molecule has 9 nitrogen and oxygen atoms in total. The lowest BCUT2D eigenvalue weighted by Crippen LogP contribution is -2.51. The number of carbonyl (C=O) groups excluding carboxylic acids is 4. The minimum absolute atomic E-state index is 0.00939. The lowest BCUT2D eigenvalue weighted by atomic mass is 9.75. The standard InChI is InChI=1S/C19H19ClN2O7/c1-4-13(25)21-22-18(27)10-7-11(28-3)14-16(15(10)20)29-19(17(14)26)8(2)5-9(23)6-12(19)24/h6-8,24H,4-5H2,1-3H3,(H,21,25)(H,22,27)/t8-,19+/m1/s1. The predicted molar refractivity (Wildman–Crippen MR) is 101 cm³/mol. The Hall–Kier alpha value is -3.07. The van der Waals surface area contributed by atoms with Crippen LogP contribution in [0.1, 0.15) is 47.4 Å². The zero-order chi connectivity index (χ0) is 21.5. The van der Waals surface area contributed by atoms with E-state index in [1.165, 1.54) is 13.2 Å². The molecule has 0 bridgehead atoms. The number of aliphatic hydroxyl groups excluding tert-OH is 1. The van der Waals surface area contributed by atoms with Crippen molar-refractivity contribution in [2.45, 2.75) is 32.3 Å². The number of Topliss-reactive ketones (excluding diaryl/α,β-unsaturated/α-hetero) is 1. The predicted octanol–water partition coefficient (Wildman–Crippen LogP) is 1.88. The molecule has 154 valence electrons. The lowest BCUT2D eigenvalue weighted by molar-refractivity contribution is -0.121. The van der Waals surface area contributed by atoms with Gasteiger partial charge in [-0.2, -0.15) is 0 Å². The van der Waals surface area contributed by atoms with Crippen LogP contribution in [0.2, 0.25) is 5.02 Å². The van der Waals surface area contributed by atoms with Gasteiger partial charge in [0.1, 0.15) is 17.1 Å². The molecule has 1 aromatic rings. The van der Waals surface area contributed by atoms with Crippen LogP contribution in [0.25, 0.3) is 0 Å². The van der Waals surface area contributed by atoms with E-state index in [2.05, 4.69) is 10.9 Å². The van der Waals surface area contributed by atoms with Crippen molar-refractivity contribution in [2.24, 2.45) is 5.92 Å². The zero-order valence-corrected chi connectivity index (χ0v) is 16.7. The minimum Gasteiger partial charge on any atom is -0.507 e. The summed E-state index contributed by atoms with van der Waals surface area (Å²) in [6.45, 7) is 3.21. The number of ether oxygens (including phenoxy) is 2. The van der Waals surface area contributed by atoms with E-state index >= 15 is 0 Å². The fraction of sp³-hybridized carbons (Fsp3) is 0.368. The van der Waals surface area contributed by atoms with E-state index < -0.39 is 34.9 Å². The van der Waals surface area contributed by atoms with Crippen LogP contribution in [0, 0.1) is 5.92 Å². The highest BCUT2D eigenvalue weighted by Crippen LogP contribution is 2.52. The molecular weight excluding hydrogens is 404 g/mol. The molecule has 29 heavy (non-hydrogen) atoms. The third-order valence-corrected chi connectivity index (χ3v) is 5.37. The fourth-order valence-corrected chi connectivity index (χ4v) is 3.71. The quantitative estimate of drug-likeness (QED) is 0.634. The molecule has 1 aromatic carbocycles. The molecule has 1 heterocycles. The molecule has 10 heteroatoms. The number of ketones is 2. The summed E-state index contributed by atoms with van der Waals surface area (Å²) in [6, 6.07) is 1.24. The summed E-state index contributed by atoms with van der Waals surface area (Å²) < 4.78 is 11.1. The molecule has 0 saturated carbocycles. The maximum Gasteiger partial charge on any atom is 0.271 e. The van der Waals surface area contributed by atoms with E-state index in [-0.39, 0.29) is 46.3 Å². The summed E-state index contributed by atoms with van der Waals surface area (Å²) in [5, 5.41) is 10.2. The third-order valence-electron chi connectivity index (χ3n) is 4.99. The Balaban J connectivity index is 2.09. The molecule has 2 atom stereocenters. The number of fused-ring (bicyclic) bond motifs is 1. The van der Waals surface area contributed by atoms with Gasteiger partial charge >= 0.3 is 0 Å². The van der Waals surface area contributed by atoms with Crippen LogP contribution in [0.4, 0.5) is 0 Å². The Kier molecular flexibility index (Phi) is 5.27. The lowest BCUT2D eigenvalue weighted by Gasteiger charge is -2.34. The van der Waals surface area contributed by atoms with Gasteiger partial charge in [0.15, 0.2) is 11.5 Å². The first-order valence-corrected chi connectivity index (χ1v) is 9.22. The summed E-state index contributed by atoms with van der Waals surface area (Å²) >= 11 is 6.34. The van der Waals surface area contributed by atoms with Crippen LogP contribution in [0.5, 0.6) is 11.5 Å². The van der Waals surface area contributed by atoms with E-state index in [1.54, 1.807) is 13.8 Å². The first kappa shape index (κ1) is 20.7. The van der Waals surface area contributed by atoms with Gasteiger partial charge in [-0.1, -0.05) is 25.4 Å². The normalized spacial score (nSPS) is 22.6. The summed E-state index contributed by atoms with van der Waals surface area (Å²) in [5.41, 5.74) is 2.47. The molecule has 2 aliphatic rings. The highest BCUT2D eigenvalue weighted by Gasteiger charge is 2.59. The van der Waals surface area contributed by atoms with Crippen molar-refractivity contribution >= 4 is 35.0 Å². The average molecular weight is 423 g/mol. The SMILES string of the molecule is CCC(=O)NNC(=O)c1cc(OC)c2c(c1Cl)O[C@]1(C2=O)C(O)=CC(=O)C[C@H]1C. The second-order valence-corrected chi connectivity index (χ2v) is 7.15. The monoisotopic (exact) mass is 422 g/mol. The first-order chi connectivity index (χ1) is 13.7. The van der Waals surface area contributed by atoms with E-state index in [0.717, 1.165) is 6.08 Å². The number of carbonyl (C=O) groups is 4. The number of aliphatic hydroxyl groups is 1. The Morgan fingerprint density at radius 2 is 2.07 bits per heavy atom. The average Bonchev–Trinajstić information content (AvgIpc) is 3.00. The number of amides is 2. The highest BCUT2D eigenvalue weighted by molar-refractivity contribution is 6.37. The number of hydrogen-bond acceptors (Lipinski definition) is 7. The largest absolute Gasteiger partial charge is 0.507 e. The van der Waals surface area contributed by atoms with Crippen molar-refractivity contribution in [1.29, 1.82) is 0 Å². The van der Waals surface area contributed by atoms with Crippen LogP contribution in [-0.4, -0.2) is 41.2 Å². The highest BCUT2D eigenvalue weighted by atomic mass is 35.5. The number of benzene rings is 1. The van der Waals surface area contributed by atoms with Gasteiger partial charge in [0.2, 0.25) is 17.3 Å². The van der Waals surface area contributed by atoms with Crippen LogP contribution >= 0.6 is 11.6 Å².